The summed E-state index contributed by atoms with van der Waals surface area (Å²) in [7, 11) is 0. The van der Waals surface area contributed by atoms with Crippen LogP contribution < -0.4 is 4.90 Å². The van der Waals surface area contributed by atoms with Crippen LogP contribution >= 0.6 is 11.5 Å². The molecule has 4 nitrogen and oxygen atoms in total. The lowest BCUT2D eigenvalue weighted by molar-refractivity contribution is 0.110. The number of anilines is 1. The minimum atomic E-state index is -0.183. The molecule has 0 saturated carbocycles. The normalized spacial score (nSPS) is 19.9. The van der Waals surface area contributed by atoms with Crippen molar-refractivity contribution in [1.82, 2.24) is 9.36 Å². The molecular formula is C12H21N3OS. The summed E-state index contributed by atoms with van der Waals surface area (Å²) in [6.45, 7) is 8.10. The maximum atomic E-state index is 9.57. The van der Waals surface area contributed by atoms with Gasteiger partial charge in [0.1, 0.15) is 5.82 Å². The molecule has 1 aromatic heterocycles. The molecule has 17 heavy (non-hydrogen) atoms. The SMILES string of the molecule is CC(C)c1nsc(N2CCC(C(C)O)CC2)n1. The van der Waals surface area contributed by atoms with E-state index in [-0.39, 0.29) is 6.10 Å². The van der Waals surface area contributed by atoms with Crippen molar-refractivity contribution in [2.24, 2.45) is 5.92 Å². The largest absolute Gasteiger partial charge is 0.393 e. The molecule has 1 N–H and O–H groups in total. The highest BCUT2D eigenvalue weighted by Gasteiger charge is 2.24. The van der Waals surface area contributed by atoms with Crippen LogP contribution in [0, 0.1) is 5.92 Å². The van der Waals surface area contributed by atoms with Gasteiger partial charge in [-0.05, 0) is 25.7 Å². The third-order valence-electron chi connectivity index (χ3n) is 3.44. The topological polar surface area (TPSA) is 49.2 Å². The first-order valence-corrected chi connectivity index (χ1v) is 7.12. The summed E-state index contributed by atoms with van der Waals surface area (Å²) in [6.07, 6.45) is 1.92. The van der Waals surface area contributed by atoms with Gasteiger partial charge in [-0.3, -0.25) is 0 Å². The Morgan fingerprint density at radius 1 is 1.29 bits per heavy atom. The fourth-order valence-electron chi connectivity index (χ4n) is 2.16. The molecule has 5 heteroatoms. The average Bonchev–Trinajstić information content (AvgIpc) is 2.78. The third kappa shape index (κ3) is 2.96. The number of aliphatic hydroxyl groups excluding tert-OH is 1. The first-order valence-electron chi connectivity index (χ1n) is 6.34. The quantitative estimate of drug-likeness (QED) is 0.900. The van der Waals surface area contributed by atoms with Crippen LogP contribution in [0.4, 0.5) is 5.13 Å². The van der Waals surface area contributed by atoms with Crippen LogP contribution in [-0.4, -0.2) is 33.7 Å². The summed E-state index contributed by atoms with van der Waals surface area (Å²) in [5, 5.41) is 10.6. The lowest BCUT2D eigenvalue weighted by Gasteiger charge is -2.32. The lowest BCUT2D eigenvalue weighted by atomic mass is 9.92. The summed E-state index contributed by atoms with van der Waals surface area (Å²) in [6, 6.07) is 0. The summed E-state index contributed by atoms with van der Waals surface area (Å²) < 4.78 is 4.38. The molecule has 1 aromatic rings. The fraction of sp³-hybridized carbons (Fsp3) is 0.833. The van der Waals surface area contributed by atoms with Gasteiger partial charge in [0, 0.05) is 30.5 Å². The van der Waals surface area contributed by atoms with Crippen molar-refractivity contribution in [2.45, 2.75) is 45.6 Å². The van der Waals surface area contributed by atoms with Gasteiger partial charge in [0.05, 0.1) is 6.10 Å². The number of piperidine rings is 1. The molecule has 1 saturated heterocycles. The molecule has 2 rings (SSSR count). The van der Waals surface area contributed by atoms with Gasteiger partial charge in [-0.25, -0.2) is 4.98 Å². The van der Waals surface area contributed by atoms with E-state index >= 15 is 0 Å². The van der Waals surface area contributed by atoms with Crippen LogP contribution in [0.25, 0.3) is 0 Å². The van der Waals surface area contributed by atoms with Gasteiger partial charge in [-0.15, -0.1) is 0 Å². The van der Waals surface area contributed by atoms with Crippen LogP contribution in [0.1, 0.15) is 45.4 Å². The smallest absolute Gasteiger partial charge is 0.205 e. The number of nitrogens with zero attached hydrogens (tertiary/aromatic N) is 3. The molecule has 0 bridgehead atoms. The minimum absolute atomic E-state index is 0.183. The standard InChI is InChI=1S/C12H21N3OS/c1-8(2)11-13-12(17-14-11)15-6-4-10(5-7-15)9(3)16/h8-10,16H,4-7H2,1-3H3. The molecule has 1 atom stereocenters. The molecule has 0 aromatic carbocycles. The van der Waals surface area contributed by atoms with E-state index in [0.717, 1.165) is 36.9 Å². The zero-order valence-corrected chi connectivity index (χ0v) is 11.6. The monoisotopic (exact) mass is 255 g/mol. The maximum Gasteiger partial charge on any atom is 0.205 e. The van der Waals surface area contributed by atoms with Crippen LogP contribution in [0.3, 0.4) is 0 Å². The molecular weight excluding hydrogens is 234 g/mol. The van der Waals surface area contributed by atoms with Crippen molar-refractivity contribution in [1.29, 1.82) is 0 Å². The first kappa shape index (κ1) is 12.8. The van der Waals surface area contributed by atoms with Gasteiger partial charge in [-0.1, -0.05) is 13.8 Å². The molecule has 0 radical (unpaired) electrons. The van der Waals surface area contributed by atoms with Crippen LogP contribution in [0.5, 0.6) is 0 Å². The Labute approximate surface area is 107 Å². The third-order valence-corrected chi connectivity index (χ3v) is 4.23. The average molecular weight is 255 g/mol. The number of aliphatic hydroxyl groups is 1. The van der Waals surface area contributed by atoms with Gasteiger partial charge >= 0.3 is 0 Å². The van der Waals surface area contributed by atoms with E-state index in [1.807, 2.05) is 6.92 Å². The Hall–Kier alpha value is -0.680. The Bertz CT molecular complexity index is 356. The van der Waals surface area contributed by atoms with Crippen molar-refractivity contribution >= 4 is 16.7 Å². The van der Waals surface area contributed by atoms with Gasteiger partial charge in [-0.2, -0.15) is 4.37 Å². The highest BCUT2D eigenvalue weighted by molar-refractivity contribution is 7.09. The second kappa shape index (κ2) is 5.31. The Balaban J connectivity index is 1.96. The fourth-order valence-corrected chi connectivity index (χ4v) is 3.02. The van der Waals surface area contributed by atoms with E-state index in [2.05, 4.69) is 28.1 Å². The summed E-state index contributed by atoms with van der Waals surface area (Å²) in [5.74, 6) is 1.79. The van der Waals surface area contributed by atoms with E-state index in [9.17, 15) is 5.11 Å². The van der Waals surface area contributed by atoms with Gasteiger partial charge in [0.25, 0.3) is 0 Å². The highest BCUT2D eigenvalue weighted by atomic mass is 32.1. The number of hydrogen-bond acceptors (Lipinski definition) is 5. The Morgan fingerprint density at radius 3 is 2.41 bits per heavy atom. The van der Waals surface area contributed by atoms with E-state index in [4.69, 9.17) is 0 Å². The Morgan fingerprint density at radius 2 is 1.94 bits per heavy atom. The van der Waals surface area contributed by atoms with Crippen molar-refractivity contribution in [2.75, 3.05) is 18.0 Å². The maximum absolute atomic E-state index is 9.57. The number of aromatic nitrogens is 2. The summed E-state index contributed by atoms with van der Waals surface area (Å²) >= 11 is 1.50. The molecule has 1 aliphatic rings. The van der Waals surface area contributed by atoms with E-state index in [0.29, 0.717) is 11.8 Å². The minimum Gasteiger partial charge on any atom is -0.393 e. The second-order valence-electron chi connectivity index (χ2n) is 5.15. The van der Waals surface area contributed by atoms with Gasteiger partial charge < -0.3 is 10.0 Å². The van der Waals surface area contributed by atoms with Crippen LogP contribution in [-0.2, 0) is 0 Å². The summed E-state index contributed by atoms with van der Waals surface area (Å²) in [5.41, 5.74) is 0. The predicted octanol–water partition coefficient (Wildman–Crippen LogP) is 2.26. The van der Waals surface area contributed by atoms with Crippen LogP contribution in [0.2, 0.25) is 0 Å². The molecule has 2 heterocycles. The zero-order valence-electron chi connectivity index (χ0n) is 10.8. The summed E-state index contributed by atoms with van der Waals surface area (Å²) in [4.78, 5) is 6.87. The molecule has 96 valence electrons. The van der Waals surface area contributed by atoms with Crippen molar-refractivity contribution in [3.63, 3.8) is 0 Å². The molecule has 0 spiro atoms. The molecule has 0 aliphatic carbocycles. The zero-order chi connectivity index (χ0) is 12.4. The lowest BCUT2D eigenvalue weighted by Crippen LogP contribution is -2.37. The highest BCUT2D eigenvalue weighted by Crippen LogP contribution is 2.27. The molecule has 1 fully saturated rings. The number of hydrogen-bond donors (Lipinski definition) is 1. The second-order valence-corrected chi connectivity index (χ2v) is 5.89. The van der Waals surface area contributed by atoms with Gasteiger partial charge in [0.15, 0.2) is 0 Å². The van der Waals surface area contributed by atoms with E-state index < -0.39 is 0 Å². The van der Waals surface area contributed by atoms with Crippen molar-refractivity contribution < 1.29 is 5.11 Å². The predicted molar refractivity (Wildman–Crippen MR) is 70.6 cm³/mol. The number of rotatable bonds is 3. The van der Waals surface area contributed by atoms with Crippen molar-refractivity contribution in [3.05, 3.63) is 5.82 Å². The molecule has 1 unspecified atom stereocenters. The Kier molecular flexibility index (Phi) is 3.99. The molecule has 1 aliphatic heterocycles. The van der Waals surface area contributed by atoms with E-state index in [1.54, 1.807) is 0 Å². The van der Waals surface area contributed by atoms with Crippen molar-refractivity contribution in [3.8, 4) is 0 Å². The van der Waals surface area contributed by atoms with Gasteiger partial charge in [0.2, 0.25) is 5.13 Å². The molecule has 0 amide bonds. The first-order chi connectivity index (χ1) is 8.08. The van der Waals surface area contributed by atoms with E-state index in [1.165, 1.54) is 11.5 Å². The van der Waals surface area contributed by atoms with Crippen LogP contribution in [0.15, 0.2) is 0 Å².